The van der Waals surface area contributed by atoms with E-state index in [2.05, 4.69) is 0 Å². The molecule has 0 atom stereocenters. The van der Waals surface area contributed by atoms with Gasteiger partial charge in [-0.1, -0.05) is 0 Å². The van der Waals surface area contributed by atoms with Crippen LogP contribution in [0.25, 0.3) is 0 Å². The Balaban J connectivity index is 0. The summed E-state index contributed by atoms with van der Waals surface area (Å²) in [5.74, 6) is -1.19. The number of hydrogen-bond donors (Lipinski definition) is 2. The molecule has 0 aliphatic carbocycles. The van der Waals surface area contributed by atoms with Gasteiger partial charge in [-0.3, -0.25) is 0 Å². The SMILES string of the molecule is O=C(O)CO.[CaH2]. The third-order valence-electron chi connectivity index (χ3n) is 0.135. The normalized spacial score (nSPS) is 6.17. The molecule has 0 aromatic rings. The van der Waals surface area contributed by atoms with E-state index >= 15 is 0 Å². The van der Waals surface area contributed by atoms with Crippen molar-refractivity contribution in [1.82, 2.24) is 0 Å². The Hall–Kier alpha value is 0.690. The van der Waals surface area contributed by atoms with Gasteiger partial charge >= 0.3 is 43.7 Å². The van der Waals surface area contributed by atoms with Gasteiger partial charge in [-0.15, -0.1) is 0 Å². The van der Waals surface area contributed by atoms with E-state index in [4.69, 9.17) is 15.0 Å². The first kappa shape index (κ1) is 9.85. The summed E-state index contributed by atoms with van der Waals surface area (Å²) in [5.41, 5.74) is 0. The summed E-state index contributed by atoms with van der Waals surface area (Å²) >= 11 is 0. The van der Waals surface area contributed by atoms with E-state index in [9.17, 15) is 0 Å². The van der Waals surface area contributed by atoms with Crippen molar-refractivity contribution in [1.29, 1.82) is 0 Å². The molecule has 2 N–H and O–H groups in total. The Morgan fingerprint density at radius 1 is 1.67 bits per heavy atom. The summed E-state index contributed by atoms with van der Waals surface area (Å²) in [7, 11) is 0. The summed E-state index contributed by atoms with van der Waals surface area (Å²) in [6.45, 7) is -0.778. The Morgan fingerprint density at radius 3 is 1.83 bits per heavy atom. The molecular formula is C2H6CaO3. The van der Waals surface area contributed by atoms with Crippen molar-refractivity contribution < 1.29 is 15.0 Å². The molecule has 0 heterocycles. The minimum atomic E-state index is -1.19. The number of hydrogen-bond acceptors (Lipinski definition) is 2. The third-order valence-corrected chi connectivity index (χ3v) is 0.135. The van der Waals surface area contributed by atoms with E-state index in [1.54, 1.807) is 0 Å². The molecule has 0 saturated heterocycles. The van der Waals surface area contributed by atoms with E-state index in [-0.39, 0.29) is 37.7 Å². The first-order valence-electron chi connectivity index (χ1n) is 1.10. The maximum atomic E-state index is 9.12. The van der Waals surface area contributed by atoms with Crippen LogP contribution in [0.2, 0.25) is 0 Å². The van der Waals surface area contributed by atoms with Gasteiger partial charge in [0, 0.05) is 0 Å². The van der Waals surface area contributed by atoms with Gasteiger partial charge in [0.15, 0.2) is 0 Å². The van der Waals surface area contributed by atoms with Crippen molar-refractivity contribution in [3.63, 3.8) is 0 Å². The number of rotatable bonds is 1. The van der Waals surface area contributed by atoms with Gasteiger partial charge in [-0.05, 0) is 0 Å². The molecule has 34 valence electrons. The van der Waals surface area contributed by atoms with Crippen LogP contribution in [0.1, 0.15) is 0 Å². The van der Waals surface area contributed by atoms with Crippen LogP contribution in [0, 0.1) is 0 Å². The van der Waals surface area contributed by atoms with Crippen molar-refractivity contribution in [3.05, 3.63) is 0 Å². The Kier molecular flexibility index (Phi) is 9.34. The van der Waals surface area contributed by atoms with Crippen molar-refractivity contribution in [2.24, 2.45) is 0 Å². The number of aliphatic carboxylic acids is 1. The van der Waals surface area contributed by atoms with Crippen molar-refractivity contribution in [3.8, 4) is 0 Å². The topological polar surface area (TPSA) is 57.5 Å². The van der Waals surface area contributed by atoms with Crippen molar-refractivity contribution in [2.45, 2.75) is 0 Å². The fraction of sp³-hybridized carbons (Fsp3) is 0.500. The molecule has 0 radical (unpaired) electrons. The molecule has 0 fully saturated rings. The number of carboxylic acids is 1. The zero-order valence-corrected chi connectivity index (χ0v) is 2.51. The summed E-state index contributed by atoms with van der Waals surface area (Å²) < 4.78 is 0. The number of aliphatic hydroxyl groups excluding tert-OH is 1. The second kappa shape index (κ2) is 5.69. The summed E-state index contributed by atoms with van der Waals surface area (Å²) in [6.07, 6.45) is 0. The Morgan fingerprint density at radius 2 is 1.83 bits per heavy atom. The van der Waals surface area contributed by atoms with Crippen LogP contribution in [0.5, 0.6) is 0 Å². The van der Waals surface area contributed by atoms with Crippen LogP contribution in [0.4, 0.5) is 0 Å². The number of carbonyl (C=O) groups is 1. The van der Waals surface area contributed by atoms with Crippen LogP contribution >= 0.6 is 0 Å². The van der Waals surface area contributed by atoms with Crippen LogP contribution in [-0.2, 0) is 4.79 Å². The second-order valence-electron chi connectivity index (χ2n) is 0.552. The van der Waals surface area contributed by atoms with E-state index in [1.807, 2.05) is 0 Å². The minimum absolute atomic E-state index is 0. The molecule has 4 heteroatoms. The van der Waals surface area contributed by atoms with Crippen LogP contribution in [0.15, 0.2) is 0 Å². The quantitative estimate of drug-likeness (QED) is 0.397. The molecule has 0 bridgehead atoms. The monoisotopic (exact) mass is 118 g/mol. The molecule has 0 spiro atoms. The van der Waals surface area contributed by atoms with Crippen molar-refractivity contribution in [2.75, 3.05) is 6.61 Å². The van der Waals surface area contributed by atoms with Gasteiger partial charge in [-0.2, -0.15) is 0 Å². The molecule has 0 unspecified atom stereocenters. The Labute approximate surface area is 65.0 Å². The first-order chi connectivity index (χ1) is 2.27. The predicted octanol–water partition coefficient (Wildman–Crippen LogP) is -1.85. The molecule has 0 aliphatic rings. The van der Waals surface area contributed by atoms with Crippen LogP contribution in [0.3, 0.4) is 0 Å². The molecule has 0 aromatic heterocycles. The van der Waals surface area contributed by atoms with Gasteiger partial charge in [0.25, 0.3) is 0 Å². The van der Waals surface area contributed by atoms with Gasteiger partial charge in [0.2, 0.25) is 0 Å². The van der Waals surface area contributed by atoms with Gasteiger partial charge < -0.3 is 10.2 Å². The third kappa shape index (κ3) is 8.83. The molecule has 0 aliphatic heterocycles. The Bertz CT molecular complexity index is 44.1. The number of aliphatic hydroxyl groups is 1. The molecule has 0 aromatic carbocycles. The summed E-state index contributed by atoms with van der Waals surface area (Å²) in [4.78, 5) is 9.12. The van der Waals surface area contributed by atoms with Crippen molar-refractivity contribution >= 4 is 43.7 Å². The molecule has 0 rings (SSSR count). The van der Waals surface area contributed by atoms with E-state index in [1.165, 1.54) is 0 Å². The molecule has 3 nitrogen and oxygen atoms in total. The molecule has 0 amide bonds. The number of carboxylic acid groups (broad SMARTS) is 1. The average Bonchev–Trinajstić information content (AvgIpc) is 1.38. The van der Waals surface area contributed by atoms with Crippen LogP contribution in [-0.4, -0.2) is 60.5 Å². The first-order valence-corrected chi connectivity index (χ1v) is 1.10. The maximum absolute atomic E-state index is 9.12. The van der Waals surface area contributed by atoms with Gasteiger partial charge in [0.1, 0.15) is 6.61 Å². The predicted molar refractivity (Wildman–Crippen MR) is 23.3 cm³/mol. The van der Waals surface area contributed by atoms with Gasteiger partial charge in [0.05, 0.1) is 0 Å². The zero-order chi connectivity index (χ0) is 4.28. The van der Waals surface area contributed by atoms with Crippen LogP contribution < -0.4 is 0 Å². The average molecular weight is 118 g/mol. The standard InChI is InChI=1S/C2H4O3.Ca.2H/c3-1-2(4)5;;;/h3H,1H2,(H,4,5);;;. The molecule has 6 heavy (non-hydrogen) atoms. The van der Waals surface area contributed by atoms with Gasteiger partial charge in [-0.25, -0.2) is 4.79 Å². The fourth-order valence-corrected chi connectivity index (χ4v) is 0. The molecular weight excluding hydrogens is 112 g/mol. The summed E-state index contributed by atoms with van der Waals surface area (Å²) in [6, 6.07) is 0. The summed E-state index contributed by atoms with van der Waals surface area (Å²) in [5, 5.41) is 15.0. The second-order valence-corrected chi connectivity index (χ2v) is 0.552. The van der Waals surface area contributed by atoms with E-state index in [0.29, 0.717) is 0 Å². The van der Waals surface area contributed by atoms with E-state index in [0.717, 1.165) is 0 Å². The van der Waals surface area contributed by atoms with E-state index < -0.39 is 12.6 Å². The molecule has 0 saturated carbocycles. The fourth-order valence-electron chi connectivity index (χ4n) is 0. The zero-order valence-electron chi connectivity index (χ0n) is 2.51.